The van der Waals surface area contributed by atoms with Crippen molar-refractivity contribution in [3.05, 3.63) is 65.7 Å². The molecule has 10 nitrogen and oxygen atoms in total. The van der Waals surface area contributed by atoms with Crippen LogP contribution in [0.1, 0.15) is 48.0 Å². The van der Waals surface area contributed by atoms with E-state index in [9.17, 15) is 9.59 Å². The van der Waals surface area contributed by atoms with Gasteiger partial charge in [0.05, 0.1) is 24.0 Å². The molecule has 10 heteroatoms. The van der Waals surface area contributed by atoms with Gasteiger partial charge in [0.2, 0.25) is 0 Å². The molecular weight excluding hydrogens is 580 g/mol. The third kappa shape index (κ3) is 4.83. The molecule has 0 spiro atoms. The monoisotopic (exact) mass is 618 g/mol. The van der Waals surface area contributed by atoms with Crippen LogP contribution >= 0.6 is 0 Å². The number of fused-ring (bicyclic) bond motifs is 4. The molecule has 1 amide bonds. The van der Waals surface area contributed by atoms with Crippen molar-refractivity contribution in [1.29, 1.82) is 0 Å². The van der Waals surface area contributed by atoms with Crippen molar-refractivity contribution in [2.75, 3.05) is 13.7 Å². The highest BCUT2D eigenvalue weighted by Gasteiger charge is 2.47. The molecule has 0 radical (unpaired) electrons. The van der Waals surface area contributed by atoms with E-state index in [4.69, 9.17) is 25.5 Å². The van der Waals surface area contributed by atoms with Gasteiger partial charge in [-0.15, -0.1) is 0 Å². The second-order valence-electron chi connectivity index (χ2n) is 13.3. The molecule has 2 saturated carbocycles. The Morgan fingerprint density at radius 1 is 1.04 bits per heavy atom. The summed E-state index contributed by atoms with van der Waals surface area (Å²) in [5.74, 6) is 1.56. The van der Waals surface area contributed by atoms with Gasteiger partial charge in [0.15, 0.2) is 5.82 Å². The first-order valence-electron chi connectivity index (χ1n) is 16.2. The van der Waals surface area contributed by atoms with Crippen molar-refractivity contribution in [2.24, 2.45) is 24.6 Å². The lowest BCUT2D eigenvalue weighted by molar-refractivity contribution is -0.136. The molecule has 2 aromatic carbocycles. The number of aromatic nitrogens is 4. The van der Waals surface area contributed by atoms with Crippen LogP contribution in [0.3, 0.4) is 0 Å². The maximum Gasteiger partial charge on any atom is 0.303 e. The molecule has 4 heterocycles. The number of likely N-dealkylation sites (tertiary alicyclic amines) is 1. The van der Waals surface area contributed by atoms with Gasteiger partial charge in [0.25, 0.3) is 5.91 Å². The number of hydrogen-bond acceptors (Lipinski definition) is 6. The Bertz CT molecular complexity index is 2020. The summed E-state index contributed by atoms with van der Waals surface area (Å²) in [6, 6.07) is 18.1. The molecule has 1 aliphatic heterocycles. The number of ether oxygens (including phenoxy) is 1. The number of hydrogen-bond donors (Lipinski definition) is 2. The standard InChI is InChI=1S/C36H38N6O4/c1-40-33-27(15-25(17-30(33)46-2)36(45)42-19-24-10-12-28(42)32(24)37)39-35(40)29-16-23-9-11-26(38-34(23)41(29)18-21-6-7-21)22-5-3-4-20(14-22)8-13-31(43)44/h3-5,9,11,14-17,21,24,28,32H,6-8,10,12-13,18-19,37H2,1-2H3,(H,43,44). The fourth-order valence-electron chi connectivity index (χ4n) is 7.62. The number of aliphatic carboxylic acids is 1. The summed E-state index contributed by atoms with van der Waals surface area (Å²) in [4.78, 5) is 37.1. The molecule has 3 N–H and O–H groups in total. The lowest BCUT2D eigenvalue weighted by Crippen LogP contribution is -2.41. The van der Waals surface area contributed by atoms with Crippen molar-refractivity contribution in [3.8, 4) is 28.5 Å². The number of piperidine rings is 1. The first kappa shape index (κ1) is 28.8. The van der Waals surface area contributed by atoms with Crippen LogP contribution in [0, 0.1) is 11.8 Å². The van der Waals surface area contributed by atoms with Crippen molar-refractivity contribution in [2.45, 2.75) is 57.2 Å². The minimum absolute atomic E-state index is 0.0124. The molecule has 3 atom stereocenters. The summed E-state index contributed by atoms with van der Waals surface area (Å²) in [5, 5.41) is 10.2. The number of amides is 1. The van der Waals surface area contributed by atoms with E-state index in [0.29, 0.717) is 41.6 Å². The number of benzene rings is 2. The third-order valence-electron chi connectivity index (χ3n) is 10.3. The fraction of sp³-hybridized carbons (Fsp3) is 0.389. The van der Waals surface area contributed by atoms with Crippen LogP contribution < -0.4 is 10.5 Å². The lowest BCUT2D eigenvalue weighted by Gasteiger charge is -2.27. The average molecular weight is 619 g/mol. The predicted octanol–water partition coefficient (Wildman–Crippen LogP) is 5.25. The summed E-state index contributed by atoms with van der Waals surface area (Å²) >= 11 is 0. The number of carboxylic acid groups (broad SMARTS) is 1. The van der Waals surface area contributed by atoms with Gasteiger partial charge in [-0.05, 0) is 85.9 Å². The molecule has 46 heavy (non-hydrogen) atoms. The van der Waals surface area contributed by atoms with Crippen LogP contribution in [0.4, 0.5) is 0 Å². The van der Waals surface area contributed by atoms with E-state index in [0.717, 1.165) is 64.3 Å². The van der Waals surface area contributed by atoms with Gasteiger partial charge in [-0.3, -0.25) is 9.59 Å². The summed E-state index contributed by atoms with van der Waals surface area (Å²) in [6.07, 6.45) is 5.00. The van der Waals surface area contributed by atoms with Crippen LogP contribution in [-0.2, 0) is 24.8 Å². The third-order valence-corrected chi connectivity index (χ3v) is 10.3. The topological polar surface area (TPSA) is 129 Å². The van der Waals surface area contributed by atoms with E-state index in [1.807, 2.05) is 54.4 Å². The maximum atomic E-state index is 13.7. The highest BCUT2D eigenvalue weighted by molar-refractivity contribution is 6.00. The SMILES string of the molecule is COc1cc(C(=O)N2CC3CCC2C3N)cc2nc(-c3cc4ccc(-c5cccc(CCC(=O)O)c5)nc4n3CC3CC3)n(C)c12. The second-order valence-corrected chi connectivity index (χ2v) is 13.3. The highest BCUT2D eigenvalue weighted by atomic mass is 16.5. The van der Waals surface area contributed by atoms with Gasteiger partial charge < -0.3 is 29.6 Å². The van der Waals surface area contributed by atoms with Crippen molar-refractivity contribution < 1.29 is 19.4 Å². The van der Waals surface area contributed by atoms with E-state index >= 15 is 0 Å². The number of aryl methyl sites for hydroxylation is 2. The van der Waals surface area contributed by atoms with Crippen LogP contribution in [-0.4, -0.2) is 66.7 Å². The van der Waals surface area contributed by atoms with E-state index in [-0.39, 0.29) is 24.4 Å². The number of carbonyl (C=O) groups is 2. The quantitative estimate of drug-likeness (QED) is 0.231. The summed E-state index contributed by atoms with van der Waals surface area (Å²) in [6.45, 7) is 1.55. The average Bonchev–Trinajstić information content (AvgIpc) is 3.47. The predicted molar refractivity (Wildman–Crippen MR) is 176 cm³/mol. The number of carbonyl (C=O) groups excluding carboxylic acids is 1. The summed E-state index contributed by atoms with van der Waals surface area (Å²) in [5.41, 5.74) is 13.2. The number of imidazole rings is 1. The zero-order valence-electron chi connectivity index (χ0n) is 26.1. The van der Waals surface area contributed by atoms with Crippen molar-refractivity contribution in [3.63, 3.8) is 0 Å². The number of nitrogens with two attached hydrogens (primary N) is 1. The number of pyridine rings is 1. The summed E-state index contributed by atoms with van der Waals surface area (Å²) in [7, 11) is 3.63. The Morgan fingerprint density at radius 2 is 1.89 bits per heavy atom. The van der Waals surface area contributed by atoms with Crippen molar-refractivity contribution >= 4 is 33.9 Å². The first-order valence-corrected chi connectivity index (χ1v) is 16.2. The van der Waals surface area contributed by atoms with E-state index < -0.39 is 5.97 Å². The van der Waals surface area contributed by atoms with Gasteiger partial charge in [-0.1, -0.05) is 18.2 Å². The Kier molecular flexibility index (Phi) is 6.86. The van der Waals surface area contributed by atoms with Gasteiger partial charge in [-0.25, -0.2) is 9.97 Å². The van der Waals surface area contributed by atoms with Crippen LogP contribution in [0.5, 0.6) is 5.75 Å². The minimum atomic E-state index is -0.805. The molecule has 3 unspecified atom stereocenters. The Morgan fingerprint density at radius 3 is 2.61 bits per heavy atom. The smallest absolute Gasteiger partial charge is 0.303 e. The van der Waals surface area contributed by atoms with Crippen LogP contribution in [0.2, 0.25) is 0 Å². The molecule has 2 bridgehead atoms. The summed E-state index contributed by atoms with van der Waals surface area (Å²) < 4.78 is 10.2. The lowest BCUT2D eigenvalue weighted by atomic mass is 10.0. The normalized spacial score (nSPS) is 20.7. The Hall–Kier alpha value is -4.70. The highest BCUT2D eigenvalue weighted by Crippen LogP contribution is 2.40. The molecule has 236 valence electrons. The number of nitrogens with zero attached hydrogens (tertiary/aromatic N) is 5. The van der Waals surface area contributed by atoms with Crippen molar-refractivity contribution in [1.82, 2.24) is 24.0 Å². The van der Waals surface area contributed by atoms with Gasteiger partial charge >= 0.3 is 5.97 Å². The molecule has 3 aliphatic rings. The zero-order chi connectivity index (χ0) is 31.7. The van der Waals surface area contributed by atoms with Crippen LogP contribution in [0.15, 0.2) is 54.6 Å². The number of carboxylic acids is 1. The fourth-order valence-corrected chi connectivity index (χ4v) is 7.62. The van der Waals surface area contributed by atoms with Crippen LogP contribution in [0.25, 0.3) is 44.8 Å². The molecule has 2 aliphatic carbocycles. The van der Waals surface area contributed by atoms with E-state index in [2.05, 4.69) is 21.3 Å². The zero-order valence-corrected chi connectivity index (χ0v) is 26.1. The van der Waals surface area contributed by atoms with Gasteiger partial charge in [-0.2, -0.15) is 0 Å². The molecule has 8 rings (SSSR count). The Labute approximate surface area is 266 Å². The molecule has 3 fully saturated rings. The van der Waals surface area contributed by atoms with Gasteiger partial charge in [0, 0.05) is 55.2 Å². The molecule has 5 aromatic rings. The van der Waals surface area contributed by atoms with Gasteiger partial charge in [0.1, 0.15) is 16.9 Å². The maximum absolute atomic E-state index is 13.7. The van der Waals surface area contributed by atoms with E-state index in [1.54, 1.807) is 7.11 Å². The minimum Gasteiger partial charge on any atom is -0.494 e. The second kappa shape index (κ2) is 11.0. The molecular formula is C36H38N6O4. The first-order chi connectivity index (χ1) is 22.3. The number of rotatable bonds is 9. The molecule has 3 aromatic heterocycles. The van der Waals surface area contributed by atoms with E-state index in [1.165, 1.54) is 12.8 Å². The Balaban J connectivity index is 1.20. The number of methoxy groups -OCH3 is 1. The largest absolute Gasteiger partial charge is 0.494 e. The molecule has 1 saturated heterocycles.